The van der Waals surface area contributed by atoms with E-state index >= 15 is 4.79 Å². The van der Waals surface area contributed by atoms with Crippen LogP contribution in [0.25, 0.3) is 0 Å². The minimum Gasteiger partial charge on any atom is -0.411 e. The van der Waals surface area contributed by atoms with E-state index in [1.165, 1.54) is 0 Å². The van der Waals surface area contributed by atoms with Gasteiger partial charge in [0, 0.05) is 21.8 Å². The Morgan fingerprint density at radius 2 is 1.06 bits per heavy atom. The lowest BCUT2D eigenvalue weighted by Gasteiger charge is -2.49. The number of carbonyl (C=O) groups excluding carboxylic acids is 1. The van der Waals surface area contributed by atoms with Gasteiger partial charge >= 0.3 is 0 Å². The van der Waals surface area contributed by atoms with E-state index in [4.69, 9.17) is 42.3 Å². The van der Waals surface area contributed by atoms with E-state index in [2.05, 4.69) is 133 Å². The molecule has 0 spiro atoms. The van der Waals surface area contributed by atoms with Crippen molar-refractivity contribution in [2.24, 2.45) is 5.92 Å². The third-order valence-electron chi connectivity index (χ3n) is 16.0. The number of ketones is 1. The monoisotopic (exact) mass is 1210 g/mol. The van der Waals surface area contributed by atoms with Crippen molar-refractivity contribution in [3.05, 3.63) is 188 Å². The van der Waals surface area contributed by atoms with Gasteiger partial charge in [-0.3, -0.25) is 4.79 Å². The molecule has 0 bridgehead atoms. The van der Waals surface area contributed by atoms with Crippen molar-refractivity contribution in [2.45, 2.75) is 185 Å². The molecule has 0 radical (unpaired) electrons. The molecule has 0 unspecified atom stereocenters. The molecule has 3 aliphatic rings. The zero-order valence-electron chi connectivity index (χ0n) is 46.7. The molecule has 420 valence electrons. The Kier molecular flexibility index (Phi) is 22.3. The standard InChI is InChI=1S/C65H82Br2O10Si/c1-46-35-56(72-42-51-29-33-53(67)34-30-51)61(45-70-40-50-27-31-52(66)32-28-50)74-57-37-62(68)65(5,76-59(57)36-46)63(73-43-49-23-15-10-16-24-49)38-58-55(77-78(6,7)64(2,3)4)26-18-17-25-54(71-41-48-21-13-9-14-22-48)60(75-58)44-69-39-47-19-11-8-12-20-47/h8-24,27-34,46,54-61,63H,25-26,35-45H2,1-7H3/b18-17-/t46-,54-,55+,56+,57+,58-,59-,60+,61-,63-,65-/m1/s1. The Morgan fingerprint density at radius 1 is 0.590 bits per heavy atom. The lowest BCUT2D eigenvalue weighted by Crippen LogP contribution is -2.62. The summed E-state index contributed by atoms with van der Waals surface area (Å²) in [6.45, 7) is 18.0. The summed E-state index contributed by atoms with van der Waals surface area (Å²) in [5, 5.41) is -0.0916. The Balaban J connectivity index is 1.11. The molecule has 2 saturated heterocycles. The van der Waals surface area contributed by atoms with Crippen LogP contribution < -0.4 is 0 Å². The van der Waals surface area contributed by atoms with Crippen molar-refractivity contribution in [1.29, 1.82) is 0 Å². The molecular formula is C65H82Br2O10Si. The van der Waals surface area contributed by atoms with Crippen LogP contribution in [0.3, 0.4) is 0 Å². The molecule has 0 saturated carbocycles. The van der Waals surface area contributed by atoms with E-state index in [1.807, 2.05) is 97.9 Å². The van der Waals surface area contributed by atoms with Gasteiger partial charge in [0.15, 0.2) is 14.1 Å². The Hall–Kier alpha value is -3.67. The SMILES string of the molecule is C[C@@H]1C[C@H](OCc2ccc(Br)cc2)[C@@H](COCc2ccc(Br)cc2)O[C@H]2CC(=O)[C@](C)([C@@H](C[C@H]3O[C@@H](COCc4ccccc4)[C@H](OCc4ccccc4)C/C=C\C[C@@H]3O[Si](C)(C)C(C)(C)C)OCc3ccccc3)O[C@@H]2C1. The van der Waals surface area contributed by atoms with Crippen LogP contribution in [0.4, 0.5) is 0 Å². The topological polar surface area (TPSA) is 100 Å². The van der Waals surface area contributed by atoms with E-state index in [9.17, 15) is 0 Å². The maximum atomic E-state index is 15.5. The van der Waals surface area contributed by atoms with Gasteiger partial charge in [-0.1, -0.05) is 187 Å². The molecule has 5 aromatic rings. The number of carbonyl (C=O) groups is 1. The molecule has 11 atom stereocenters. The predicted octanol–water partition coefficient (Wildman–Crippen LogP) is 14.9. The Labute approximate surface area is 482 Å². The van der Waals surface area contributed by atoms with Crippen LogP contribution >= 0.6 is 31.9 Å². The first kappa shape index (κ1) is 60.4. The maximum absolute atomic E-state index is 15.5. The molecule has 5 aromatic carbocycles. The number of halogens is 2. The van der Waals surface area contributed by atoms with Crippen molar-refractivity contribution in [1.82, 2.24) is 0 Å². The fourth-order valence-electron chi connectivity index (χ4n) is 10.3. The summed E-state index contributed by atoms with van der Waals surface area (Å²) in [5.41, 5.74) is 3.86. The van der Waals surface area contributed by atoms with Gasteiger partial charge in [0.2, 0.25) is 0 Å². The zero-order chi connectivity index (χ0) is 55.1. The van der Waals surface area contributed by atoms with Crippen LogP contribution in [0.2, 0.25) is 18.1 Å². The largest absolute Gasteiger partial charge is 0.411 e. The fourth-order valence-corrected chi connectivity index (χ4v) is 12.2. The summed E-state index contributed by atoms with van der Waals surface area (Å²) in [4.78, 5) is 15.5. The normalized spacial score (nSPS) is 27.1. The number of ether oxygens (including phenoxy) is 8. The van der Waals surface area contributed by atoms with Gasteiger partial charge in [-0.2, -0.15) is 0 Å². The molecule has 13 heteroatoms. The molecule has 0 N–H and O–H groups in total. The highest BCUT2D eigenvalue weighted by molar-refractivity contribution is 9.10. The van der Waals surface area contributed by atoms with Gasteiger partial charge in [-0.25, -0.2) is 0 Å². The maximum Gasteiger partial charge on any atom is 0.192 e. The van der Waals surface area contributed by atoms with Gasteiger partial charge in [0.05, 0.1) is 89.0 Å². The quantitative estimate of drug-likeness (QED) is 0.0492. The van der Waals surface area contributed by atoms with E-state index in [0.29, 0.717) is 58.5 Å². The molecule has 2 fully saturated rings. The number of hydrogen-bond acceptors (Lipinski definition) is 10. The molecule has 0 aromatic heterocycles. The van der Waals surface area contributed by atoms with Crippen LogP contribution in [0.1, 0.15) is 101 Å². The van der Waals surface area contributed by atoms with Gasteiger partial charge in [0.25, 0.3) is 0 Å². The molecule has 78 heavy (non-hydrogen) atoms. The average molecular weight is 1210 g/mol. The van der Waals surface area contributed by atoms with Gasteiger partial charge in [-0.05, 0) is 109 Å². The number of hydrogen-bond donors (Lipinski definition) is 0. The third kappa shape index (κ3) is 17.4. The Bertz CT molecular complexity index is 2600. The van der Waals surface area contributed by atoms with Crippen LogP contribution in [-0.2, 0) is 80.1 Å². The summed E-state index contributed by atoms with van der Waals surface area (Å²) in [7, 11) is -2.42. The molecule has 10 nitrogen and oxygen atoms in total. The minimum absolute atomic E-state index is 0.0893. The third-order valence-corrected chi connectivity index (χ3v) is 21.6. The number of fused-ring (bicyclic) bond motifs is 1. The second kappa shape index (κ2) is 28.8. The van der Waals surface area contributed by atoms with Crippen molar-refractivity contribution < 1.29 is 47.1 Å². The molecular weight excluding hydrogens is 1130 g/mol. The summed E-state index contributed by atoms with van der Waals surface area (Å²) in [5.74, 6) is 0.0660. The predicted molar refractivity (Wildman–Crippen MR) is 316 cm³/mol. The van der Waals surface area contributed by atoms with Gasteiger partial charge in [-0.15, -0.1) is 0 Å². The van der Waals surface area contributed by atoms with Crippen molar-refractivity contribution in [3.8, 4) is 0 Å². The zero-order valence-corrected chi connectivity index (χ0v) is 50.9. The van der Waals surface area contributed by atoms with Gasteiger partial charge < -0.3 is 42.3 Å². The van der Waals surface area contributed by atoms with E-state index in [0.717, 1.165) is 36.8 Å². The van der Waals surface area contributed by atoms with E-state index in [-0.39, 0.29) is 61.3 Å². The Morgan fingerprint density at radius 3 is 1.62 bits per heavy atom. The van der Waals surface area contributed by atoms with Crippen molar-refractivity contribution in [3.63, 3.8) is 0 Å². The highest BCUT2D eigenvalue weighted by Crippen LogP contribution is 2.43. The molecule has 8 rings (SSSR count). The van der Waals surface area contributed by atoms with Crippen molar-refractivity contribution >= 4 is 46.0 Å². The van der Waals surface area contributed by atoms with E-state index < -0.39 is 50.5 Å². The second-order valence-corrected chi connectivity index (χ2v) is 29.8. The number of benzene rings is 5. The second-order valence-electron chi connectivity index (χ2n) is 23.2. The first-order chi connectivity index (χ1) is 37.5. The summed E-state index contributed by atoms with van der Waals surface area (Å²) >= 11 is 7.12. The fraction of sp³-hybridized carbons (Fsp3) is 0.492. The molecule has 0 amide bonds. The molecule has 0 aliphatic carbocycles. The number of Topliss-reactive ketones (excluding diaryl/α,β-unsaturated/α-hetero) is 1. The molecule has 3 heterocycles. The van der Waals surface area contributed by atoms with Crippen molar-refractivity contribution in [2.75, 3.05) is 13.2 Å². The van der Waals surface area contributed by atoms with E-state index in [1.54, 1.807) is 0 Å². The first-order valence-corrected chi connectivity index (χ1v) is 32.5. The smallest absolute Gasteiger partial charge is 0.192 e. The summed E-state index contributed by atoms with van der Waals surface area (Å²) in [6.07, 6.45) is 3.14. The molecule has 3 aliphatic heterocycles. The van der Waals surface area contributed by atoms with Crippen LogP contribution in [-0.4, -0.2) is 87.9 Å². The van der Waals surface area contributed by atoms with Crippen LogP contribution in [0, 0.1) is 5.92 Å². The summed E-state index contributed by atoms with van der Waals surface area (Å²) < 4.78 is 65.3. The highest BCUT2D eigenvalue weighted by Gasteiger charge is 2.54. The van der Waals surface area contributed by atoms with Gasteiger partial charge in [0.1, 0.15) is 17.8 Å². The highest BCUT2D eigenvalue weighted by atomic mass is 79.9. The number of rotatable bonds is 22. The lowest BCUT2D eigenvalue weighted by atomic mass is 9.80. The van der Waals surface area contributed by atoms with Crippen LogP contribution in [0.5, 0.6) is 0 Å². The lowest BCUT2D eigenvalue weighted by molar-refractivity contribution is -0.250. The first-order valence-electron chi connectivity index (χ1n) is 28.0. The summed E-state index contributed by atoms with van der Waals surface area (Å²) in [6, 6.07) is 46.9. The minimum atomic E-state index is -2.42. The van der Waals surface area contributed by atoms with Crippen LogP contribution in [0.15, 0.2) is 161 Å². The average Bonchev–Trinajstić information content (AvgIpc) is 3.49.